The zero-order valence-electron chi connectivity index (χ0n) is 6.38. The fraction of sp³-hybridized carbons (Fsp3) is 0.200. The molecule has 0 bridgehead atoms. The van der Waals surface area contributed by atoms with E-state index in [1.807, 2.05) is 0 Å². The molecule has 0 aromatic carbocycles. The van der Waals surface area contributed by atoms with Crippen molar-refractivity contribution in [2.45, 2.75) is 12.8 Å². The summed E-state index contributed by atoms with van der Waals surface area (Å²) in [6.45, 7) is 0. The Balaban J connectivity index is 1.91. The van der Waals surface area contributed by atoms with Crippen LogP contribution < -0.4 is 0 Å². The van der Waals surface area contributed by atoms with Crippen LogP contribution in [0.15, 0.2) is 45.3 Å². The molecule has 0 saturated carbocycles. The Bertz CT molecular complexity index is 239. The van der Waals surface area contributed by atoms with Gasteiger partial charge in [0, 0.05) is 0 Å². The summed E-state index contributed by atoms with van der Waals surface area (Å²) in [5.41, 5.74) is 0. The number of allylic oxidation sites excluding steroid dienone is 8. The molecule has 1 heteroatoms. The van der Waals surface area contributed by atoms with Crippen LogP contribution in [0.1, 0.15) is 12.8 Å². The van der Waals surface area contributed by atoms with Crippen molar-refractivity contribution in [1.82, 2.24) is 0 Å². The third-order valence-corrected chi connectivity index (χ3v) is 4.77. The molecule has 0 fully saturated rings. The predicted octanol–water partition coefficient (Wildman–Crippen LogP) is 2.38. The van der Waals surface area contributed by atoms with Crippen molar-refractivity contribution in [3.8, 4) is 0 Å². The van der Waals surface area contributed by atoms with Crippen molar-refractivity contribution in [3.05, 3.63) is 45.3 Å². The van der Waals surface area contributed by atoms with Crippen LogP contribution in [0.3, 0.4) is 0 Å². The molecule has 0 saturated heterocycles. The van der Waals surface area contributed by atoms with Gasteiger partial charge in [0.15, 0.2) is 0 Å². The summed E-state index contributed by atoms with van der Waals surface area (Å²) in [7, 11) is 0. The van der Waals surface area contributed by atoms with E-state index in [9.17, 15) is 0 Å². The standard InChI is InChI=1S/C10H10Ge/c1-2-6-9(5-1)11-10-7-3-4-8-10/h1-5,7H,6,8H2. The Morgan fingerprint density at radius 3 is 1.82 bits per heavy atom. The van der Waals surface area contributed by atoms with Crippen molar-refractivity contribution in [3.63, 3.8) is 0 Å². The fourth-order valence-corrected chi connectivity index (χ4v) is 3.83. The number of hydrogen-bond donors (Lipinski definition) is 0. The Hall–Kier alpha value is -0.497. The average Bonchev–Trinajstić information content (AvgIpc) is 2.60. The molecule has 2 rings (SSSR count). The van der Waals surface area contributed by atoms with Gasteiger partial charge in [-0.15, -0.1) is 0 Å². The molecule has 0 aromatic heterocycles. The first-order chi connectivity index (χ1) is 5.45. The van der Waals surface area contributed by atoms with Gasteiger partial charge in [-0.05, 0) is 0 Å². The van der Waals surface area contributed by atoms with Crippen LogP contribution in [0.25, 0.3) is 0 Å². The summed E-state index contributed by atoms with van der Waals surface area (Å²) in [5.74, 6) is 0. The molecule has 0 spiro atoms. The molecule has 0 aromatic rings. The zero-order valence-corrected chi connectivity index (χ0v) is 8.48. The van der Waals surface area contributed by atoms with Crippen LogP contribution in [0.4, 0.5) is 0 Å². The molecule has 0 atom stereocenters. The summed E-state index contributed by atoms with van der Waals surface area (Å²) in [6.07, 6.45) is 15.9. The fourth-order valence-electron chi connectivity index (χ4n) is 1.29. The van der Waals surface area contributed by atoms with Crippen molar-refractivity contribution in [2.75, 3.05) is 0 Å². The maximum absolute atomic E-state index is 2.29. The molecule has 0 nitrogen and oxygen atoms in total. The number of rotatable bonds is 2. The Morgan fingerprint density at radius 2 is 1.45 bits per heavy atom. The van der Waals surface area contributed by atoms with Crippen LogP contribution in [0.2, 0.25) is 0 Å². The monoisotopic (exact) mass is 204 g/mol. The zero-order chi connectivity index (χ0) is 7.52. The van der Waals surface area contributed by atoms with Crippen LogP contribution in [-0.2, 0) is 0 Å². The Kier molecular flexibility index (Phi) is 2.13. The predicted molar refractivity (Wildman–Crippen MR) is 49.4 cm³/mol. The third kappa shape index (κ3) is 1.75. The van der Waals surface area contributed by atoms with E-state index in [-0.39, 0.29) is 15.4 Å². The molecule has 2 radical (unpaired) electrons. The SMILES string of the molecule is C1=CC[C]([Ge][C]2=CC=CC2)=C1. The first-order valence-corrected chi connectivity index (χ1v) is 6.03. The van der Waals surface area contributed by atoms with E-state index < -0.39 is 0 Å². The van der Waals surface area contributed by atoms with Gasteiger partial charge < -0.3 is 0 Å². The minimum absolute atomic E-state index is 0.0833. The van der Waals surface area contributed by atoms with E-state index >= 15 is 0 Å². The van der Waals surface area contributed by atoms with Gasteiger partial charge >= 0.3 is 73.5 Å². The summed E-state index contributed by atoms with van der Waals surface area (Å²) in [6, 6.07) is 0. The molecule has 0 aliphatic heterocycles. The molecule has 0 N–H and O–H groups in total. The van der Waals surface area contributed by atoms with Gasteiger partial charge in [0.05, 0.1) is 0 Å². The first kappa shape index (κ1) is 7.17. The van der Waals surface area contributed by atoms with E-state index in [1.165, 1.54) is 12.8 Å². The van der Waals surface area contributed by atoms with Gasteiger partial charge in [-0.3, -0.25) is 0 Å². The first-order valence-electron chi connectivity index (χ1n) is 3.93. The van der Waals surface area contributed by atoms with Crippen LogP contribution in [-0.4, -0.2) is 15.4 Å². The minimum atomic E-state index is 0.0833. The van der Waals surface area contributed by atoms with E-state index in [1.54, 1.807) is 8.81 Å². The second-order valence-electron chi connectivity index (χ2n) is 2.77. The second kappa shape index (κ2) is 3.27. The van der Waals surface area contributed by atoms with Crippen molar-refractivity contribution in [1.29, 1.82) is 0 Å². The molecular weight excluding hydrogens is 193 g/mol. The Labute approximate surface area is 73.9 Å². The summed E-state index contributed by atoms with van der Waals surface area (Å²) in [4.78, 5) is 0. The van der Waals surface area contributed by atoms with Crippen LogP contribution in [0, 0.1) is 0 Å². The van der Waals surface area contributed by atoms with Crippen molar-refractivity contribution in [2.24, 2.45) is 0 Å². The second-order valence-corrected chi connectivity index (χ2v) is 5.99. The van der Waals surface area contributed by atoms with Crippen LogP contribution >= 0.6 is 0 Å². The van der Waals surface area contributed by atoms with E-state index in [2.05, 4.69) is 36.5 Å². The average molecular weight is 203 g/mol. The molecular formula is C10H10Ge. The third-order valence-electron chi connectivity index (χ3n) is 1.86. The van der Waals surface area contributed by atoms with E-state index in [0.29, 0.717) is 0 Å². The molecule has 0 amide bonds. The molecule has 2 aliphatic rings. The van der Waals surface area contributed by atoms with Crippen LogP contribution in [0.5, 0.6) is 0 Å². The van der Waals surface area contributed by atoms with Gasteiger partial charge in [-0.25, -0.2) is 0 Å². The van der Waals surface area contributed by atoms with Gasteiger partial charge in [0.1, 0.15) is 0 Å². The van der Waals surface area contributed by atoms with Crippen molar-refractivity contribution < 1.29 is 0 Å². The normalized spacial score (nSPS) is 20.7. The van der Waals surface area contributed by atoms with E-state index in [4.69, 9.17) is 0 Å². The van der Waals surface area contributed by atoms with Gasteiger partial charge in [0.25, 0.3) is 0 Å². The maximum atomic E-state index is 2.29. The topological polar surface area (TPSA) is 0 Å². The Morgan fingerprint density at radius 1 is 0.909 bits per heavy atom. The molecule has 0 unspecified atom stereocenters. The number of hydrogen-bond acceptors (Lipinski definition) is 0. The summed E-state index contributed by atoms with van der Waals surface area (Å²) in [5, 5.41) is 0. The summed E-state index contributed by atoms with van der Waals surface area (Å²) < 4.78 is 3.36. The van der Waals surface area contributed by atoms with Gasteiger partial charge in [-0.1, -0.05) is 0 Å². The molecule has 0 heterocycles. The molecule has 11 heavy (non-hydrogen) atoms. The quantitative estimate of drug-likeness (QED) is 0.604. The molecule has 54 valence electrons. The van der Waals surface area contributed by atoms with Gasteiger partial charge in [0.2, 0.25) is 0 Å². The van der Waals surface area contributed by atoms with Crippen molar-refractivity contribution >= 4 is 15.4 Å². The molecule has 2 aliphatic carbocycles. The summed E-state index contributed by atoms with van der Waals surface area (Å²) >= 11 is 0.0833. The van der Waals surface area contributed by atoms with E-state index in [0.717, 1.165) is 0 Å². The van der Waals surface area contributed by atoms with Gasteiger partial charge in [-0.2, -0.15) is 0 Å².